The molecule has 7 bridgehead atoms. The van der Waals surface area contributed by atoms with Crippen LogP contribution in [-0.4, -0.2) is 76.6 Å². The van der Waals surface area contributed by atoms with Crippen LogP contribution in [0.2, 0.25) is 0 Å². The Labute approximate surface area is 292 Å². The van der Waals surface area contributed by atoms with Crippen molar-refractivity contribution in [3.8, 4) is 11.5 Å². The average Bonchev–Trinajstić information content (AvgIpc) is 3.32. The van der Waals surface area contributed by atoms with E-state index in [1.54, 1.807) is 25.2 Å². The number of ketones is 3. The van der Waals surface area contributed by atoms with Gasteiger partial charge in [-0.15, -0.1) is 0 Å². The van der Waals surface area contributed by atoms with E-state index in [4.69, 9.17) is 23.7 Å². The smallest absolute Gasteiger partial charge is 0.312 e. The summed E-state index contributed by atoms with van der Waals surface area (Å²) < 4.78 is 30.3. The summed E-state index contributed by atoms with van der Waals surface area (Å²) >= 11 is 0. The van der Waals surface area contributed by atoms with Crippen LogP contribution < -0.4 is 10.1 Å². The summed E-state index contributed by atoms with van der Waals surface area (Å²) in [5.41, 5.74) is -1.00. The van der Waals surface area contributed by atoms with Crippen molar-refractivity contribution < 1.29 is 53.1 Å². The first-order valence-electron chi connectivity index (χ1n) is 16.8. The van der Waals surface area contributed by atoms with Crippen molar-refractivity contribution in [2.24, 2.45) is 23.7 Å². The minimum atomic E-state index is -1.97. The van der Waals surface area contributed by atoms with Crippen molar-refractivity contribution in [1.29, 1.82) is 0 Å². The molecule has 0 radical (unpaired) electrons. The molecule has 1 aromatic rings. The SMILES string of the molecule is CO[C@H]1/C=C/O[C@@]2(C)Oc3c(C)c(O)c4c(c3C2=O)C(=O)C=C(NC(=O)/C(C)=C\C=C\[C@H](C)[C@@H]2OC(C)(C)O[C@@H]([C@@H](C)[C@H](O)[C@@H]1C)[C@@H]2C)C4=O. The summed E-state index contributed by atoms with van der Waals surface area (Å²) in [5, 5.41) is 25.3. The topological polar surface area (TPSA) is 167 Å². The molecule has 6 rings (SSSR count). The maximum absolute atomic E-state index is 13.9. The van der Waals surface area contributed by atoms with Gasteiger partial charge in [0.15, 0.2) is 11.6 Å². The Morgan fingerprint density at radius 2 is 1.54 bits per heavy atom. The van der Waals surface area contributed by atoms with Gasteiger partial charge < -0.3 is 39.2 Å². The van der Waals surface area contributed by atoms with Crippen LogP contribution in [0.15, 0.2) is 47.9 Å². The summed E-state index contributed by atoms with van der Waals surface area (Å²) in [6.07, 6.45) is 6.70. The molecular weight excluding hydrogens is 646 g/mol. The number of carbonyl (C=O) groups excluding carboxylic acids is 4. The third-order valence-corrected chi connectivity index (χ3v) is 10.3. The molecule has 1 aromatic carbocycles. The number of phenols is 1. The predicted molar refractivity (Wildman–Crippen MR) is 182 cm³/mol. The number of benzene rings is 1. The average molecular weight is 694 g/mol. The van der Waals surface area contributed by atoms with E-state index in [0.717, 1.165) is 6.08 Å². The Morgan fingerprint density at radius 1 is 0.880 bits per heavy atom. The summed E-state index contributed by atoms with van der Waals surface area (Å²) in [7, 11) is 1.49. The fraction of sp³-hybridized carbons (Fsp3) is 0.526. The van der Waals surface area contributed by atoms with Crippen molar-refractivity contribution in [3.63, 3.8) is 0 Å². The van der Waals surface area contributed by atoms with Gasteiger partial charge in [0.2, 0.25) is 5.78 Å². The Morgan fingerprint density at radius 3 is 2.20 bits per heavy atom. The van der Waals surface area contributed by atoms with Gasteiger partial charge in [0.05, 0.1) is 53.1 Å². The number of amides is 1. The molecule has 12 nitrogen and oxygen atoms in total. The normalized spacial score (nSPS) is 36.8. The van der Waals surface area contributed by atoms with Crippen LogP contribution in [-0.2, 0) is 23.7 Å². The van der Waals surface area contributed by atoms with Crippen molar-refractivity contribution in [2.75, 3.05) is 7.11 Å². The van der Waals surface area contributed by atoms with Crippen LogP contribution in [0.5, 0.6) is 11.5 Å². The van der Waals surface area contributed by atoms with Gasteiger partial charge in [-0.05, 0) is 33.8 Å². The number of aliphatic hydroxyl groups is 1. The van der Waals surface area contributed by atoms with Gasteiger partial charge in [-0.25, -0.2) is 0 Å². The monoisotopic (exact) mass is 693 g/mol. The highest BCUT2D eigenvalue weighted by Gasteiger charge is 2.52. The highest BCUT2D eigenvalue weighted by molar-refractivity contribution is 6.30. The van der Waals surface area contributed by atoms with Crippen LogP contribution in [0.4, 0.5) is 0 Å². The first kappa shape index (κ1) is 37.2. The van der Waals surface area contributed by atoms with Crippen molar-refractivity contribution in [3.05, 3.63) is 70.2 Å². The molecule has 1 saturated heterocycles. The van der Waals surface area contributed by atoms with Gasteiger partial charge >= 0.3 is 5.79 Å². The number of aromatic hydroxyl groups is 1. The van der Waals surface area contributed by atoms with Crippen LogP contribution >= 0.6 is 0 Å². The van der Waals surface area contributed by atoms with Crippen molar-refractivity contribution >= 4 is 23.3 Å². The van der Waals surface area contributed by atoms with Crippen molar-refractivity contribution in [1.82, 2.24) is 5.32 Å². The Hall–Kier alpha value is -4.10. The van der Waals surface area contributed by atoms with Crippen molar-refractivity contribution in [2.45, 2.75) is 98.3 Å². The number of hydrogen-bond donors (Lipinski definition) is 3. The molecule has 270 valence electrons. The Kier molecular flexibility index (Phi) is 10.1. The van der Waals surface area contributed by atoms with E-state index in [1.165, 1.54) is 27.2 Å². The van der Waals surface area contributed by atoms with E-state index in [0.29, 0.717) is 0 Å². The van der Waals surface area contributed by atoms with Crippen LogP contribution in [0, 0.1) is 30.6 Å². The molecule has 9 atom stereocenters. The summed E-state index contributed by atoms with van der Waals surface area (Å²) in [6, 6.07) is 0. The van der Waals surface area contributed by atoms with Gasteiger partial charge in [-0.2, -0.15) is 0 Å². The van der Waals surface area contributed by atoms with E-state index >= 15 is 0 Å². The number of phenolic OH excluding ortho intramolecular Hbond substituents is 1. The molecule has 4 heterocycles. The summed E-state index contributed by atoms with van der Waals surface area (Å²) in [5.74, 6) is -7.63. The number of hydrogen-bond acceptors (Lipinski definition) is 11. The fourth-order valence-electron chi connectivity index (χ4n) is 7.31. The lowest BCUT2D eigenvalue weighted by molar-refractivity contribution is -0.336. The number of Topliss-reactive ketones (excluding diaryl/α,β-unsaturated/α-hetero) is 2. The highest BCUT2D eigenvalue weighted by atomic mass is 16.7. The molecule has 1 amide bonds. The molecule has 1 aliphatic carbocycles. The van der Waals surface area contributed by atoms with E-state index in [-0.39, 0.29) is 63.7 Å². The zero-order valence-corrected chi connectivity index (χ0v) is 30.2. The molecule has 12 heteroatoms. The van der Waals surface area contributed by atoms with Crippen LogP contribution in [0.1, 0.15) is 92.0 Å². The van der Waals surface area contributed by atoms with Crippen LogP contribution in [0.3, 0.4) is 0 Å². The third-order valence-electron chi connectivity index (χ3n) is 10.3. The molecular formula is C38H47NO11. The zero-order valence-electron chi connectivity index (χ0n) is 30.2. The molecule has 0 saturated carbocycles. The lowest BCUT2D eigenvalue weighted by atomic mass is 9.77. The summed E-state index contributed by atoms with van der Waals surface area (Å²) in [4.78, 5) is 54.2. The molecule has 0 unspecified atom stereocenters. The van der Waals surface area contributed by atoms with E-state index in [9.17, 15) is 29.4 Å². The third kappa shape index (κ3) is 6.45. The second-order valence-electron chi connectivity index (χ2n) is 14.4. The summed E-state index contributed by atoms with van der Waals surface area (Å²) in [6.45, 7) is 15.8. The van der Waals surface area contributed by atoms with E-state index in [2.05, 4.69) is 5.32 Å². The number of methoxy groups -OCH3 is 1. The second-order valence-corrected chi connectivity index (χ2v) is 14.4. The largest absolute Gasteiger partial charge is 0.507 e. The number of carbonyl (C=O) groups is 4. The highest BCUT2D eigenvalue weighted by Crippen LogP contribution is 2.48. The molecule has 50 heavy (non-hydrogen) atoms. The Bertz CT molecular complexity index is 1740. The van der Waals surface area contributed by atoms with Gasteiger partial charge in [-0.1, -0.05) is 45.9 Å². The second kappa shape index (κ2) is 13.6. The van der Waals surface area contributed by atoms with E-state index < -0.39 is 64.3 Å². The first-order chi connectivity index (χ1) is 23.3. The predicted octanol–water partition coefficient (Wildman–Crippen LogP) is 4.86. The van der Waals surface area contributed by atoms with Crippen LogP contribution in [0.25, 0.3) is 0 Å². The minimum absolute atomic E-state index is 0.0484. The molecule has 0 aromatic heterocycles. The lowest BCUT2D eigenvalue weighted by Gasteiger charge is -2.49. The molecule has 5 aliphatic rings. The number of nitrogens with one attached hydrogen (secondary N) is 1. The number of rotatable bonds is 1. The quantitative estimate of drug-likeness (QED) is 0.368. The van der Waals surface area contributed by atoms with E-state index in [1.807, 2.05) is 47.6 Å². The minimum Gasteiger partial charge on any atom is -0.507 e. The van der Waals surface area contributed by atoms with Gasteiger partial charge in [-0.3, -0.25) is 19.2 Å². The number of ether oxygens (including phenoxy) is 5. The molecule has 1 fully saturated rings. The number of allylic oxidation sites excluding steroid dienone is 4. The number of aliphatic hydroxyl groups excluding tert-OH is 1. The maximum Gasteiger partial charge on any atom is 0.312 e. The van der Waals surface area contributed by atoms with Gasteiger partial charge in [0.25, 0.3) is 11.7 Å². The van der Waals surface area contributed by atoms with Gasteiger partial charge in [0, 0.05) is 54.9 Å². The molecule has 4 aliphatic heterocycles. The number of fused-ring (bicyclic) bond motifs is 10. The standard InChI is InChI=1S/C38H47NO11/c1-17-12-11-13-18(2)36(45)39-23-16-24(40)26-27(31(23)43)30(42)21(5)34-28(26)35(44)38(9,50-34)47-15-14-25(46-10)19(3)29(41)20(4)33-22(6)32(17)48-37(7,8)49-33/h11-17,19-20,22,25,29,32-33,41-42H,1-10H3,(H,39,45)/b12-11+,15-14+,18-13-/t17-,19+,20-,22+,25-,29+,32-,33-,38-/m0/s1. The Balaban J connectivity index is 1.59. The fourth-order valence-corrected chi connectivity index (χ4v) is 7.31. The first-order valence-corrected chi connectivity index (χ1v) is 16.8. The maximum atomic E-state index is 13.9. The molecule has 0 spiro atoms. The van der Waals surface area contributed by atoms with Gasteiger partial charge in [0.1, 0.15) is 11.5 Å². The molecule has 3 N–H and O–H groups in total. The zero-order chi connectivity index (χ0) is 37.0. The lowest BCUT2D eigenvalue weighted by Crippen LogP contribution is -2.56.